The van der Waals surface area contributed by atoms with Crippen molar-refractivity contribution in [3.8, 4) is 0 Å². The standard InChI is InChI=1S/C7H16NO/c1-5-9-6-8(4)7(2)3/h7H,4-6H2,1-3H3/q+1. The molecule has 0 rings (SSSR count). The van der Waals surface area contributed by atoms with Crippen LogP contribution in [0.25, 0.3) is 0 Å². The fourth-order valence-corrected chi connectivity index (χ4v) is 0.358. The van der Waals surface area contributed by atoms with E-state index in [1.54, 1.807) is 0 Å². The van der Waals surface area contributed by atoms with E-state index < -0.39 is 0 Å². The highest BCUT2D eigenvalue weighted by Crippen LogP contribution is 1.85. The lowest BCUT2D eigenvalue weighted by molar-refractivity contribution is -0.588. The minimum atomic E-state index is 0.469. The van der Waals surface area contributed by atoms with E-state index in [1.807, 2.05) is 11.5 Å². The van der Waals surface area contributed by atoms with E-state index in [2.05, 4.69) is 20.6 Å². The molecule has 0 aromatic heterocycles. The summed E-state index contributed by atoms with van der Waals surface area (Å²) < 4.78 is 7.03. The van der Waals surface area contributed by atoms with Crippen LogP contribution in [-0.2, 0) is 4.74 Å². The third-order valence-electron chi connectivity index (χ3n) is 1.19. The number of rotatable bonds is 4. The SMILES string of the molecule is C=[N+](COCC)C(C)C. The van der Waals surface area contributed by atoms with Gasteiger partial charge in [-0.3, -0.25) is 0 Å². The first-order chi connectivity index (χ1) is 4.18. The fraction of sp³-hybridized carbons (Fsp3) is 0.857. The molecule has 0 aromatic rings. The molecule has 9 heavy (non-hydrogen) atoms. The van der Waals surface area contributed by atoms with Crippen molar-refractivity contribution in [3.63, 3.8) is 0 Å². The smallest absolute Gasteiger partial charge is 0.246 e. The van der Waals surface area contributed by atoms with Gasteiger partial charge in [0.25, 0.3) is 0 Å². The highest BCUT2D eigenvalue weighted by molar-refractivity contribution is 5.14. The van der Waals surface area contributed by atoms with Gasteiger partial charge in [0.1, 0.15) is 12.8 Å². The van der Waals surface area contributed by atoms with E-state index in [0.29, 0.717) is 12.8 Å². The van der Waals surface area contributed by atoms with Gasteiger partial charge in [-0.25, -0.2) is 4.58 Å². The molecule has 0 unspecified atom stereocenters. The van der Waals surface area contributed by atoms with Gasteiger partial charge in [0.05, 0.1) is 6.61 Å². The van der Waals surface area contributed by atoms with Crippen LogP contribution in [0.2, 0.25) is 0 Å². The van der Waals surface area contributed by atoms with Crippen molar-refractivity contribution in [2.45, 2.75) is 26.8 Å². The summed E-state index contributed by atoms with van der Waals surface area (Å²) in [6, 6.07) is 0.469. The van der Waals surface area contributed by atoms with E-state index >= 15 is 0 Å². The maximum atomic E-state index is 5.12. The van der Waals surface area contributed by atoms with Crippen LogP contribution >= 0.6 is 0 Å². The summed E-state index contributed by atoms with van der Waals surface area (Å²) in [7, 11) is 0. The van der Waals surface area contributed by atoms with Crippen molar-refractivity contribution in [1.29, 1.82) is 0 Å². The Bertz CT molecular complexity index is 88.9. The minimum Gasteiger partial charge on any atom is -0.324 e. The average molecular weight is 130 g/mol. The zero-order valence-electron chi connectivity index (χ0n) is 6.55. The first kappa shape index (κ1) is 8.63. The van der Waals surface area contributed by atoms with Crippen molar-refractivity contribution >= 4 is 6.72 Å². The van der Waals surface area contributed by atoms with Crippen LogP contribution in [0.5, 0.6) is 0 Å². The molecule has 2 heteroatoms. The highest BCUT2D eigenvalue weighted by Gasteiger charge is 2.03. The lowest BCUT2D eigenvalue weighted by Gasteiger charge is -2.03. The van der Waals surface area contributed by atoms with Gasteiger partial charge >= 0.3 is 0 Å². The minimum absolute atomic E-state index is 0.469. The van der Waals surface area contributed by atoms with Gasteiger partial charge in [-0.2, -0.15) is 0 Å². The third-order valence-corrected chi connectivity index (χ3v) is 1.19. The summed E-state index contributed by atoms with van der Waals surface area (Å²) in [5.74, 6) is 0. The van der Waals surface area contributed by atoms with Crippen molar-refractivity contribution in [3.05, 3.63) is 0 Å². The summed E-state index contributed by atoms with van der Waals surface area (Å²) in [4.78, 5) is 0. The van der Waals surface area contributed by atoms with Crippen molar-refractivity contribution < 1.29 is 9.31 Å². The topological polar surface area (TPSA) is 12.2 Å². The first-order valence-electron chi connectivity index (χ1n) is 3.33. The predicted molar refractivity (Wildman–Crippen MR) is 39.0 cm³/mol. The summed E-state index contributed by atoms with van der Waals surface area (Å²) >= 11 is 0. The van der Waals surface area contributed by atoms with Crippen LogP contribution in [0.4, 0.5) is 0 Å². The Balaban J connectivity index is 3.28. The van der Waals surface area contributed by atoms with E-state index in [-0.39, 0.29) is 0 Å². The molecule has 0 aliphatic heterocycles. The largest absolute Gasteiger partial charge is 0.324 e. The van der Waals surface area contributed by atoms with Crippen LogP contribution in [-0.4, -0.2) is 30.7 Å². The second kappa shape index (κ2) is 4.50. The van der Waals surface area contributed by atoms with E-state index in [4.69, 9.17) is 4.74 Å². The Kier molecular flexibility index (Phi) is 4.32. The Hall–Kier alpha value is -0.370. The molecule has 54 valence electrons. The monoisotopic (exact) mass is 130 g/mol. The van der Waals surface area contributed by atoms with Crippen LogP contribution in [0.3, 0.4) is 0 Å². The summed E-state index contributed by atoms with van der Waals surface area (Å²) in [5.41, 5.74) is 0. The molecule has 0 amide bonds. The summed E-state index contributed by atoms with van der Waals surface area (Å²) in [5, 5.41) is 0. The maximum Gasteiger partial charge on any atom is 0.246 e. The molecule has 0 aliphatic rings. The Morgan fingerprint density at radius 3 is 2.44 bits per heavy atom. The second-order valence-corrected chi connectivity index (χ2v) is 2.30. The van der Waals surface area contributed by atoms with Gasteiger partial charge in [0.15, 0.2) is 0 Å². The number of hydrogen-bond donors (Lipinski definition) is 0. The Morgan fingerprint density at radius 1 is 1.56 bits per heavy atom. The molecule has 0 atom stereocenters. The molecule has 0 bridgehead atoms. The molecule has 0 N–H and O–H groups in total. The number of nitrogens with zero attached hydrogens (tertiary/aromatic N) is 1. The zero-order valence-corrected chi connectivity index (χ0v) is 6.55. The third kappa shape index (κ3) is 4.15. The van der Waals surface area contributed by atoms with E-state index in [0.717, 1.165) is 6.61 Å². The van der Waals surface area contributed by atoms with Crippen LogP contribution in [0.15, 0.2) is 0 Å². The second-order valence-electron chi connectivity index (χ2n) is 2.30. The molecule has 0 aliphatic carbocycles. The van der Waals surface area contributed by atoms with Gasteiger partial charge in [-0.05, 0) is 20.8 Å². The molecule has 0 saturated heterocycles. The predicted octanol–water partition coefficient (Wildman–Crippen LogP) is 1.10. The lowest BCUT2D eigenvalue weighted by atomic mass is 10.4. The molecule has 0 saturated carbocycles. The van der Waals surface area contributed by atoms with Crippen LogP contribution in [0.1, 0.15) is 20.8 Å². The van der Waals surface area contributed by atoms with Crippen molar-refractivity contribution in [2.75, 3.05) is 13.3 Å². The Morgan fingerprint density at radius 2 is 2.11 bits per heavy atom. The normalized spacial score (nSPS) is 10.2. The number of ether oxygens (including phenoxy) is 1. The quantitative estimate of drug-likeness (QED) is 0.315. The van der Waals surface area contributed by atoms with Crippen molar-refractivity contribution in [2.24, 2.45) is 0 Å². The van der Waals surface area contributed by atoms with Gasteiger partial charge in [-0.15, -0.1) is 0 Å². The Labute approximate surface area is 57.1 Å². The van der Waals surface area contributed by atoms with E-state index in [9.17, 15) is 0 Å². The maximum absolute atomic E-state index is 5.12. The summed E-state index contributed by atoms with van der Waals surface area (Å²) in [6.07, 6.45) is 0. The molecular weight excluding hydrogens is 114 g/mol. The molecular formula is C7H16NO+. The van der Waals surface area contributed by atoms with Gasteiger partial charge < -0.3 is 4.74 Å². The fourth-order valence-electron chi connectivity index (χ4n) is 0.358. The average Bonchev–Trinajstić information content (AvgIpc) is 1.82. The van der Waals surface area contributed by atoms with E-state index in [1.165, 1.54) is 0 Å². The van der Waals surface area contributed by atoms with Gasteiger partial charge in [0, 0.05) is 0 Å². The molecule has 0 spiro atoms. The van der Waals surface area contributed by atoms with Crippen LogP contribution < -0.4 is 0 Å². The van der Waals surface area contributed by atoms with Gasteiger partial charge in [0.2, 0.25) is 6.73 Å². The molecule has 0 radical (unpaired) electrons. The summed E-state index contributed by atoms with van der Waals surface area (Å²) in [6.45, 7) is 11.3. The van der Waals surface area contributed by atoms with Crippen LogP contribution in [0, 0.1) is 0 Å². The molecule has 0 fully saturated rings. The lowest BCUT2D eigenvalue weighted by Crippen LogP contribution is -2.21. The zero-order chi connectivity index (χ0) is 7.28. The molecule has 0 heterocycles. The molecule has 2 nitrogen and oxygen atoms in total. The van der Waals surface area contributed by atoms with Gasteiger partial charge in [-0.1, -0.05) is 0 Å². The number of hydrogen-bond acceptors (Lipinski definition) is 1. The first-order valence-corrected chi connectivity index (χ1v) is 3.33. The highest BCUT2D eigenvalue weighted by atomic mass is 16.5. The molecule has 0 aromatic carbocycles. The van der Waals surface area contributed by atoms with Crippen molar-refractivity contribution in [1.82, 2.24) is 0 Å².